The molecule has 0 aromatic heterocycles. The van der Waals surface area contributed by atoms with E-state index in [1.54, 1.807) is 4.90 Å². The molecule has 0 heterocycles. The van der Waals surface area contributed by atoms with Crippen LogP contribution in [0.1, 0.15) is 32.1 Å². The van der Waals surface area contributed by atoms with Gasteiger partial charge < -0.3 is 4.90 Å². The SMILES string of the molecule is C=CC(=O)N(CC#N)C1CCCCC1. The van der Waals surface area contributed by atoms with Crippen LogP contribution in [0.3, 0.4) is 0 Å². The lowest BCUT2D eigenvalue weighted by atomic mass is 9.94. The highest BCUT2D eigenvalue weighted by molar-refractivity contribution is 5.87. The van der Waals surface area contributed by atoms with Crippen LogP contribution in [0.25, 0.3) is 0 Å². The van der Waals surface area contributed by atoms with Crippen LogP contribution < -0.4 is 0 Å². The van der Waals surface area contributed by atoms with E-state index < -0.39 is 0 Å². The zero-order valence-corrected chi connectivity index (χ0v) is 8.41. The molecule has 1 aliphatic rings. The maximum absolute atomic E-state index is 11.5. The number of carbonyl (C=O) groups excluding carboxylic acids is 1. The summed E-state index contributed by atoms with van der Waals surface area (Å²) in [6.07, 6.45) is 6.93. The highest BCUT2D eigenvalue weighted by Gasteiger charge is 2.23. The Bertz CT molecular complexity index is 249. The molecule has 0 aromatic rings. The standard InChI is InChI=1S/C11H16N2O/c1-2-11(14)13(9-8-12)10-6-4-3-5-7-10/h2,10H,1,3-7,9H2. The monoisotopic (exact) mass is 192 g/mol. The van der Waals surface area contributed by atoms with Gasteiger partial charge in [0.2, 0.25) is 5.91 Å². The zero-order chi connectivity index (χ0) is 10.4. The van der Waals surface area contributed by atoms with Gasteiger partial charge in [-0.3, -0.25) is 4.79 Å². The second-order valence-corrected chi connectivity index (χ2v) is 3.62. The van der Waals surface area contributed by atoms with Gasteiger partial charge in [-0.05, 0) is 18.9 Å². The summed E-state index contributed by atoms with van der Waals surface area (Å²) in [5, 5.41) is 8.63. The fraction of sp³-hybridized carbons (Fsp3) is 0.636. The van der Waals surface area contributed by atoms with Crippen LogP contribution in [0.15, 0.2) is 12.7 Å². The van der Waals surface area contributed by atoms with Crippen LogP contribution in [0.2, 0.25) is 0 Å². The predicted molar refractivity (Wildman–Crippen MR) is 54.4 cm³/mol. The molecule has 1 fully saturated rings. The summed E-state index contributed by atoms with van der Waals surface area (Å²) >= 11 is 0. The first-order chi connectivity index (χ1) is 6.79. The molecule has 0 aliphatic heterocycles. The molecule has 14 heavy (non-hydrogen) atoms. The quantitative estimate of drug-likeness (QED) is 0.506. The maximum atomic E-state index is 11.5. The van der Waals surface area contributed by atoms with Gasteiger partial charge in [-0.2, -0.15) is 5.26 Å². The molecule has 0 N–H and O–H groups in total. The second kappa shape index (κ2) is 5.43. The van der Waals surface area contributed by atoms with E-state index >= 15 is 0 Å². The van der Waals surface area contributed by atoms with Gasteiger partial charge in [0.05, 0.1) is 6.07 Å². The average Bonchev–Trinajstić information content (AvgIpc) is 2.26. The molecule has 3 nitrogen and oxygen atoms in total. The minimum absolute atomic E-state index is 0.113. The molecule has 0 radical (unpaired) electrons. The van der Waals surface area contributed by atoms with Crippen LogP contribution in [0.4, 0.5) is 0 Å². The first kappa shape index (κ1) is 10.8. The summed E-state index contributed by atoms with van der Waals surface area (Å²) in [4.78, 5) is 13.1. The molecule has 0 spiro atoms. The third kappa shape index (κ3) is 2.59. The van der Waals surface area contributed by atoms with E-state index in [1.165, 1.54) is 12.5 Å². The van der Waals surface area contributed by atoms with Crippen LogP contribution in [-0.2, 0) is 4.79 Å². The zero-order valence-electron chi connectivity index (χ0n) is 8.41. The number of rotatable bonds is 3. The number of carbonyl (C=O) groups is 1. The lowest BCUT2D eigenvalue weighted by Gasteiger charge is -2.31. The van der Waals surface area contributed by atoms with E-state index in [-0.39, 0.29) is 18.5 Å². The Kier molecular flexibility index (Phi) is 4.18. The highest BCUT2D eigenvalue weighted by Crippen LogP contribution is 2.22. The smallest absolute Gasteiger partial charge is 0.247 e. The molecular formula is C11H16N2O. The molecular weight excluding hydrogens is 176 g/mol. The van der Waals surface area contributed by atoms with E-state index in [1.807, 2.05) is 6.07 Å². The highest BCUT2D eigenvalue weighted by atomic mass is 16.2. The van der Waals surface area contributed by atoms with Crippen molar-refractivity contribution >= 4 is 5.91 Å². The third-order valence-corrected chi connectivity index (χ3v) is 2.71. The van der Waals surface area contributed by atoms with E-state index in [0.29, 0.717) is 0 Å². The van der Waals surface area contributed by atoms with Crippen LogP contribution >= 0.6 is 0 Å². The van der Waals surface area contributed by atoms with Crippen molar-refractivity contribution < 1.29 is 4.79 Å². The van der Waals surface area contributed by atoms with E-state index in [0.717, 1.165) is 25.7 Å². The molecule has 0 aromatic carbocycles. The van der Waals surface area contributed by atoms with Crippen molar-refractivity contribution in [2.45, 2.75) is 38.1 Å². The van der Waals surface area contributed by atoms with E-state index in [9.17, 15) is 4.79 Å². The third-order valence-electron chi connectivity index (χ3n) is 2.71. The lowest BCUT2D eigenvalue weighted by Crippen LogP contribution is -2.40. The Balaban J connectivity index is 2.60. The van der Waals surface area contributed by atoms with Gasteiger partial charge in [0.1, 0.15) is 6.54 Å². The van der Waals surface area contributed by atoms with Gasteiger partial charge in [-0.25, -0.2) is 0 Å². The van der Waals surface area contributed by atoms with Gasteiger partial charge in [-0.1, -0.05) is 25.8 Å². The summed E-state index contributed by atoms with van der Waals surface area (Å²) < 4.78 is 0. The van der Waals surface area contributed by atoms with Crippen molar-refractivity contribution in [2.75, 3.05) is 6.54 Å². The minimum atomic E-state index is -0.113. The fourth-order valence-electron chi connectivity index (χ4n) is 1.97. The summed E-state index contributed by atoms with van der Waals surface area (Å²) in [5.41, 5.74) is 0. The lowest BCUT2D eigenvalue weighted by molar-refractivity contribution is -0.128. The van der Waals surface area contributed by atoms with Gasteiger partial charge in [0, 0.05) is 6.04 Å². The minimum Gasteiger partial charge on any atom is -0.323 e. The molecule has 1 rings (SSSR count). The Morgan fingerprint density at radius 1 is 1.50 bits per heavy atom. The van der Waals surface area contributed by atoms with Crippen LogP contribution in [0, 0.1) is 11.3 Å². The van der Waals surface area contributed by atoms with Crippen molar-refractivity contribution in [3.8, 4) is 6.07 Å². The van der Waals surface area contributed by atoms with E-state index in [4.69, 9.17) is 5.26 Å². The van der Waals surface area contributed by atoms with Gasteiger partial charge in [0.25, 0.3) is 0 Å². The van der Waals surface area contributed by atoms with Crippen molar-refractivity contribution in [3.63, 3.8) is 0 Å². The second-order valence-electron chi connectivity index (χ2n) is 3.62. The fourth-order valence-corrected chi connectivity index (χ4v) is 1.97. The largest absolute Gasteiger partial charge is 0.323 e. The number of nitriles is 1. The summed E-state index contributed by atoms with van der Waals surface area (Å²) in [5.74, 6) is -0.113. The van der Waals surface area contributed by atoms with Crippen LogP contribution in [-0.4, -0.2) is 23.4 Å². The Hall–Kier alpha value is -1.30. The number of hydrogen-bond acceptors (Lipinski definition) is 2. The average molecular weight is 192 g/mol. The first-order valence-corrected chi connectivity index (χ1v) is 5.09. The summed E-state index contributed by atoms with van der Waals surface area (Å²) in [6, 6.07) is 2.30. The maximum Gasteiger partial charge on any atom is 0.247 e. The molecule has 0 saturated heterocycles. The molecule has 76 valence electrons. The number of hydrogen-bond donors (Lipinski definition) is 0. The molecule has 1 aliphatic carbocycles. The number of nitrogens with zero attached hydrogens (tertiary/aromatic N) is 2. The molecule has 3 heteroatoms. The van der Waals surface area contributed by atoms with Crippen molar-refractivity contribution in [1.29, 1.82) is 5.26 Å². The van der Waals surface area contributed by atoms with Crippen molar-refractivity contribution in [3.05, 3.63) is 12.7 Å². The summed E-state index contributed by atoms with van der Waals surface area (Å²) in [7, 11) is 0. The van der Waals surface area contributed by atoms with E-state index in [2.05, 4.69) is 6.58 Å². The Morgan fingerprint density at radius 3 is 2.64 bits per heavy atom. The molecule has 0 bridgehead atoms. The van der Waals surface area contributed by atoms with Gasteiger partial charge >= 0.3 is 0 Å². The summed E-state index contributed by atoms with van der Waals surface area (Å²) in [6.45, 7) is 3.65. The molecule has 1 saturated carbocycles. The van der Waals surface area contributed by atoms with Crippen LogP contribution in [0.5, 0.6) is 0 Å². The van der Waals surface area contributed by atoms with Crippen molar-refractivity contribution in [2.24, 2.45) is 0 Å². The molecule has 1 amide bonds. The topological polar surface area (TPSA) is 44.1 Å². The Morgan fingerprint density at radius 2 is 2.14 bits per heavy atom. The van der Waals surface area contributed by atoms with Crippen molar-refractivity contribution in [1.82, 2.24) is 4.90 Å². The molecule has 0 unspecified atom stereocenters. The van der Waals surface area contributed by atoms with Gasteiger partial charge in [-0.15, -0.1) is 0 Å². The number of amides is 1. The molecule has 0 atom stereocenters. The Labute approximate surface area is 85.0 Å². The first-order valence-electron chi connectivity index (χ1n) is 5.09. The normalized spacial score (nSPS) is 17.1. The predicted octanol–water partition coefficient (Wildman–Crippen LogP) is 1.86. The van der Waals surface area contributed by atoms with Gasteiger partial charge in [0.15, 0.2) is 0 Å².